The first-order valence-electron chi connectivity index (χ1n) is 9.58. The Morgan fingerprint density at radius 1 is 1.11 bits per heavy atom. The number of benzene rings is 2. The second-order valence-corrected chi connectivity index (χ2v) is 7.75. The summed E-state index contributed by atoms with van der Waals surface area (Å²) in [7, 11) is 0. The lowest BCUT2D eigenvalue weighted by molar-refractivity contribution is -0.122. The van der Waals surface area contributed by atoms with E-state index in [9.17, 15) is 4.79 Å². The molecule has 0 bridgehead atoms. The van der Waals surface area contributed by atoms with E-state index in [2.05, 4.69) is 47.2 Å². The average Bonchev–Trinajstić information content (AvgIpc) is 2.69. The van der Waals surface area contributed by atoms with Crippen molar-refractivity contribution >= 4 is 23.2 Å². The molecule has 1 heterocycles. The normalized spacial score (nSPS) is 16.2. The van der Waals surface area contributed by atoms with Crippen LogP contribution in [0.5, 0.6) is 0 Å². The number of nitrogens with one attached hydrogen (secondary N) is 1. The molecule has 0 aliphatic carbocycles. The lowest BCUT2D eigenvalue weighted by atomic mass is 10.0. The minimum atomic E-state index is 0.102. The number of piperazine rings is 1. The van der Waals surface area contributed by atoms with Crippen molar-refractivity contribution in [1.82, 2.24) is 10.2 Å². The van der Waals surface area contributed by atoms with Gasteiger partial charge in [-0.15, -0.1) is 0 Å². The molecule has 1 amide bonds. The van der Waals surface area contributed by atoms with Crippen LogP contribution in [-0.2, 0) is 4.79 Å². The summed E-state index contributed by atoms with van der Waals surface area (Å²) in [5.74, 6) is 0.419. The number of hydrogen-bond donors (Lipinski definition) is 1. The number of aryl methyl sites for hydroxylation is 1. The van der Waals surface area contributed by atoms with Crippen molar-refractivity contribution in [3.05, 3.63) is 64.7 Å². The lowest BCUT2D eigenvalue weighted by Gasteiger charge is -2.36. The Bertz CT molecular complexity index is 757. The first kappa shape index (κ1) is 19.7. The molecular weight excluding hydrogens is 358 g/mol. The third-order valence-corrected chi connectivity index (χ3v) is 5.46. The summed E-state index contributed by atoms with van der Waals surface area (Å²) in [6.07, 6.45) is 0. The molecule has 3 rings (SSSR count). The number of carbonyl (C=O) groups is 1. The molecule has 1 atom stereocenters. The van der Waals surface area contributed by atoms with Crippen molar-refractivity contribution < 1.29 is 4.79 Å². The zero-order valence-electron chi connectivity index (χ0n) is 16.1. The van der Waals surface area contributed by atoms with Crippen LogP contribution in [0.25, 0.3) is 0 Å². The van der Waals surface area contributed by atoms with Gasteiger partial charge < -0.3 is 10.2 Å². The van der Waals surface area contributed by atoms with Crippen molar-refractivity contribution in [2.24, 2.45) is 0 Å². The van der Waals surface area contributed by atoms with Crippen LogP contribution in [0.15, 0.2) is 48.5 Å². The Morgan fingerprint density at radius 2 is 1.81 bits per heavy atom. The van der Waals surface area contributed by atoms with Crippen LogP contribution < -0.4 is 10.2 Å². The van der Waals surface area contributed by atoms with E-state index in [0.29, 0.717) is 19.0 Å². The maximum absolute atomic E-state index is 12.3. The summed E-state index contributed by atoms with van der Waals surface area (Å²) in [6.45, 7) is 8.97. The van der Waals surface area contributed by atoms with Gasteiger partial charge in [0, 0.05) is 43.4 Å². The van der Waals surface area contributed by atoms with Crippen LogP contribution in [0.2, 0.25) is 5.02 Å². The highest BCUT2D eigenvalue weighted by Gasteiger charge is 2.20. The van der Waals surface area contributed by atoms with Crippen LogP contribution in [0.3, 0.4) is 0 Å². The minimum Gasteiger partial charge on any atom is -0.369 e. The fraction of sp³-hybridized carbons (Fsp3) is 0.409. The van der Waals surface area contributed by atoms with Crippen molar-refractivity contribution in [1.29, 1.82) is 0 Å². The highest BCUT2D eigenvalue weighted by Crippen LogP contribution is 2.25. The maximum atomic E-state index is 12.3. The van der Waals surface area contributed by atoms with Gasteiger partial charge in [0.1, 0.15) is 0 Å². The number of rotatable bonds is 6. The molecule has 1 saturated heterocycles. The molecule has 2 aromatic carbocycles. The first-order chi connectivity index (χ1) is 13.0. The maximum Gasteiger partial charge on any atom is 0.234 e. The van der Waals surface area contributed by atoms with E-state index in [1.807, 2.05) is 30.3 Å². The fourth-order valence-corrected chi connectivity index (χ4v) is 3.66. The van der Waals surface area contributed by atoms with E-state index < -0.39 is 0 Å². The second kappa shape index (κ2) is 9.25. The van der Waals surface area contributed by atoms with Gasteiger partial charge >= 0.3 is 0 Å². The SMILES string of the molecule is Cc1ccc(Cl)cc1N1CCN(CC(=O)NC[C@H](C)c2ccccc2)CC1. The fourth-order valence-electron chi connectivity index (χ4n) is 3.50. The third-order valence-electron chi connectivity index (χ3n) is 5.23. The first-order valence-corrected chi connectivity index (χ1v) is 9.96. The average molecular weight is 386 g/mol. The monoisotopic (exact) mass is 385 g/mol. The molecule has 0 saturated carbocycles. The van der Waals surface area contributed by atoms with E-state index in [1.54, 1.807) is 0 Å². The standard InChI is InChI=1S/C22H28ClN3O/c1-17-8-9-20(23)14-21(17)26-12-10-25(11-13-26)16-22(27)24-15-18(2)19-6-4-3-5-7-19/h3-9,14,18H,10-13,15-16H2,1-2H3,(H,24,27)/t18-/m0/s1. The highest BCUT2D eigenvalue weighted by molar-refractivity contribution is 6.30. The van der Waals surface area contributed by atoms with Crippen molar-refractivity contribution in [2.75, 3.05) is 44.2 Å². The topological polar surface area (TPSA) is 35.6 Å². The van der Waals surface area contributed by atoms with E-state index in [-0.39, 0.29) is 5.91 Å². The van der Waals surface area contributed by atoms with Crippen molar-refractivity contribution in [3.8, 4) is 0 Å². The number of amides is 1. The van der Waals surface area contributed by atoms with E-state index in [4.69, 9.17) is 11.6 Å². The molecule has 2 aromatic rings. The Balaban J connectivity index is 1.43. The Labute approximate surface area is 167 Å². The summed E-state index contributed by atoms with van der Waals surface area (Å²) in [5.41, 5.74) is 3.69. The van der Waals surface area contributed by atoms with Gasteiger partial charge in [-0.05, 0) is 36.1 Å². The van der Waals surface area contributed by atoms with E-state index in [1.165, 1.54) is 16.8 Å². The summed E-state index contributed by atoms with van der Waals surface area (Å²) in [5, 5.41) is 3.84. The summed E-state index contributed by atoms with van der Waals surface area (Å²) in [6, 6.07) is 16.3. The van der Waals surface area contributed by atoms with Gasteiger partial charge in [0.15, 0.2) is 0 Å². The van der Waals surface area contributed by atoms with E-state index in [0.717, 1.165) is 31.2 Å². The molecule has 1 N–H and O–H groups in total. The number of carbonyl (C=O) groups excluding carboxylic acids is 1. The zero-order chi connectivity index (χ0) is 19.2. The Hall–Kier alpha value is -2.04. The quantitative estimate of drug-likeness (QED) is 0.823. The molecule has 4 nitrogen and oxygen atoms in total. The zero-order valence-corrected chi connectivity index (χ0v) is 16.9. The largest absolute Gasteiger partial charge is 0.369 e. The van der Waals surface area contributed by atoms with Crippen molar-refractivity contribution in [3.63, 3.8) is 0 Å². The molecule has 1 aliphatic rings. The molecule has 0 spiro atoms. The number of halogens is 1. The van der Waals surface area contributed by atoms with Gasteiger partial charge in [-0.3, -0.25) is 9.69 Å². The van der Waals surface area contributed by atoms with Crippen LogP contribution in [0, 0.1) is 6.92 Å². The van der Waals surface area contributed by atoms with Gasteiger partial charge in [0.2, 0.25) is 5.91 Å². The molecule has 0 aromatic heterocycles. The van der Waals surface area contributed by atoms with Crippen LogP contribution in [0.1, 0.15) is 24.0 Å². The molecule has 0 unspecified atom stereocenters. The smallest absolute Gasteiger partial charge is 0.234 e. The van der Waals surface area contributed by atoms with Crippen molar-refractivity contribution in [2.45, 2.75) is 19.8 Å². The predicted molar refractivity (Wildman–Crippen MR) is 113 cm³/mol. The number of anilines is 1. The number of nitrogens with zero attached hydrogens (tertiary/aromatic N) is 2. The summed E-state index contributed by atoms with van der Waals surface area (Å²) in [4.78, 5) is 16.9. The third kappa shape index (κ3) is 5.47. The van der Waals surface area contributed by atoms with Crippen LogP contribution in [0.4, 0.5) is 5.69 Å². The van der Waals surface area contributed by atoms with Gasteiger partial charge in [-0.2, -0.15) is 0 Å². The molecule has 5 heteroatoms. The summed E-state index contributed by atoms with van der Waals surface area (Å²) >= 11 is 6.15. The molecule has 1 fully saturated rings. The van der Waals surface area contributed by atoms with Gasteiger partial charge in [-0.1, -0.05) is 54.9 Å². The Kier molecular flexibility index (Phi) is 6.75. The molecular formula is C22H28ClN3O. The second-order valence-electron chi connectivity index (χ2n) is 7.31. The lowest BCUT2D eigenvalue weighted by Crippen LogP contribution is -2.49. The van der Waals surface area contributed by atoms with Crippen LogP contribution in [-0.4, -0.2) is 50.1 Å². The van der Waals surface area contributed by atoms with E-state index >= 15 is 0 Å². The predicted octanol–water partition coefficient (Wildman–Crippen LogP) is 3.69. The molecule has 27 heavy (non-hydrogen) atoms. The van der Waals surface area contributed by atoms with Gasteiger partial charge in [0.25, 0.3) is 0 Å². The highest BCUT2D eigenvalue weighted by atomic mass is 35.5. The van der Waals surface area contributed by atoms with Gasteiger partial charge in [-0.25, -0.2) is 0 Å². The minimum absolute atomic E-state index is 0.102. The van der Waals surface area contributed by atoms with Gasteiger partial charge in [0.05, 0.1) is 6.54 Å². The molecule has 1 aliphatic heterocycles. The molecule has 144 valence electrons. The number of hydrogen-bond acceptors (Lipinski definition) is 3. The Morgan fingerprint density at radius 3 is 2.52 bits per heavy atom. The summed E-state index contributed by atoms with van der Waals surface area (Å²) < 4.78 is 0. The molecule has 0 radical (unpaired) electrons. The van der Waals surface area contributed by atoms with Crippen LogP contribution >= 0.6 is 11.6 Å².